The Morgan fingerprint density at radius 3 is 2.60 bits per heavy atom. The van der Waals surface area contributed by atoms with Gasteiger partial charge in [0.2, 0.25) is 0 Å². The summed E-state index contributed by atoms with van der Waals surface area (Å²) in [5.74, 6) is -0.412. The Labute approximate surface area is 151 Å². The first-order valence-corrected chi connectivity index (χ1v) is 8.61. The van der Waals surface area contributed by atoms with Crippen LogP contribution < -0.4 is 5.32 Å². The third-order valence-electron chi connectivity index (χ3n) is 3.96. The predicted octanol–water partition coefficient (Wildman–Crippen LogP) is 5.37. The first kappa shape index (κ1) is 17.2. The second-order valence-electron chi connectivity index (χ2n) is 5.60. The molecule has 0 fully saturated rings. The van der Waals surface area contributed by atoms with Crippen LogP contribution in [0.25, 0.3) is 10.9 Å². The summed E-state index contributed by atoms with van der Waals surface area (Å²) in [6.45, 7) is 4.19. The van der Waals surface area contributed by atoms with Gasteiger partial charge < -0.3 is 10.1 Å². The number of nitrogens with one attached hydrogen (secondary N) is 1. The summed E-state index contributed by atoms with van der Waals surface area (Å²) in [6, 6.07) is 13.5. The summed E-state index contributed by atoms with van der Waals surface area (Å²) in [6.07, 6.45) is 2.51. The Morgan fingerprint density at radius 2 is 1.92 bits per heavy atom. The average Bonchev–Trinajstić information content (AvgIpc) is 2.63. The minimum Gasteiger partial charge on any atom is -0.462 e. The van der Waals surface area contributed by atoms with Crippen molar-refractivity contribution in [3.63, 3.8) is 0 Å². The molecule has 0 saturated carbocycles. The first-order valence-electron chi connectivity index (χ1n) is 8.23. The molecule has 1 aromatic heterocycles. The number of aromatic nitrogens is 1. The van der Waals surface area contributed by atoms with Crippen molar-refractivity contribution in [2.45, 2.75) is 20.3 Å². The number of anilines is 2. The lowest BCUT2D eigenvalue weighted by Crippen LogP contribution is -2.09. The molecule has 0 aliphatic rings. The van der Waals surface area contributed by atoms with Gasteiger partial charge in [0.15, 0.2) is 0 Å². The smallest absolute Gasteiger partial charge is 0.341 e. The molecule has 0 aliphatic carbocycles. The van der Waals surface area contributed by atoms with E-state index in [0.717, 1.165) is 23.0 Å². The molecule has 3 rings (SSSR count). The first-order chi connectivity index (χ1) is 12.1. The maximum atomic E-state index is 12.3. The van der Waals surface area contributed by atoms with Gasteiger partial charge in [0.25, 0.3) is 0 Å². The largest absolute Gasteiger partial charge is 0.462 e. The highest BCUT2D eigenvalue weighted by atomic mass is 35.5. The quantitative estimate of drug-likeness (QED) is 0.626. The second-order valence-corrected chi connectivity index (χ2v) is 6.04. The monoisotopic (exact) mass is 354 g/mol. The van der Waals surface area contributed by atoms with Gasteiger partial charge in [0.05, 0.1) is 17.8 Å². The van der Waals surface area contributed by atoms with Crippen LogP contribution in [-0.2, 0) is 11.2 Å². The Balaban J connectivity index is 2.12. The molecule has 0 amide bonds. The highest BCUT2D eigenvalue weighted by molar-refractivity contribution is 6.31. The van der Waals surface area contributed by atoms with Crippen LogP contribution in [0.1, 0.15) is 29.8 Å². The van der Waals surface area contributed by atoms with Gasteiger partial charge >= 0.3 is 5.97 Å². The van der Waals surface area contributed by atoms with Gasteiger partial charge in [-0.15, -0.1) is 0 Å². The zero-order chi connectivity index (χ0) is 17.8. The van der Waals surface area contributed by atoms with Gasteiger partial charge in [-0.1, -0.05) is 30.7 Å². The summed E-state index contributed by atoms with van der Waals surface area (Å²) >= 11 is 6.15. The SMILES string of the molecule is CCOC(=O)c1cnc2ccc(Cl)cc2c1Nc1ccc(CC)cc1. The van der Waals surface area contributed by atoms with Crippen LogP contribution in [-0.4, -0.2) is 17.6 Å². The maximum Gasteiger partial charge on any atom is 0.341 e. The Hall–Kier alpha value is -2.59. The Bertz CT molecular complexity index is 907. The van der Waals surface area contributed by atoms with Crippen LogP contribution in [0.4, 0.5) is 11.4 Å². The molecule has 0 atom stereocenters. The number of carbonyl (C=O) groups excluding carboxylic acids is 1. The molecule has 2 aromatic carbocycles. The zero-order valence-electron chi connectivity index (χ0n) is 14.2. The summed E-state index contributed by atoms with van der Waals surface area (Å²) in [7, 11) is 0. The average molecular weight is 355 g/mol. The molecule has 0 unspecified atom stereocenters. The van der Waals surface area contributed by atoms with E-state index in [1.165, 1.54) is 11.8 Å². The Kier molecular flexibility index (Phi) is 5.19. The van der Waals surface area contributed by atoms with Crippen molar-refractivity contribution in [1.29, 1.82) is 0 Å². The van der Waals surface area contributed by atoms with E-state index < -0.39 is 5.97 Å². The summed E-state index contributed by atoms with van der Waals surface area (Å²) in [5.41, 5.74) is 3.92. The molecular weight excluding hydrogens is 336 g/mol. The van der Waals surface area contributed by atoms with E-state index in [0.29, 0.717) is 22.9 Å². The number of carbonyl (C=O) groups is 1. The highest BCUT2D eigenvalue weighted by Gasteiger charge is 2.17. The second kappa shape index (κ2) is 7.53. The topological polar surface area (TPSA) is 51.2 Å². The van der Waals surface area contributed by atoms with Gasteiger partial charge in [0, 0.05) is 22.3 Å². The fourth-order valence-corrected chi connectivity index (χ4v) is 2.80. The number of pyridine rings is 1. The molecular formula is C20H19ClN2O2. The van der Waals surface area contributed by atoms with Crippen molar-refractivity contribution in [1.82, 2.24) is 4.98 Å². The molecule has 0 spiro atoms. The maximum absolute atomic E-state index is 12.3. The Morgan fingerprint density at radius 1 is 1.16 bits per heavy atom. The molecule has 1 heterocycles. The van der Waals surface area contributed by atoms with Crippen LogP contribution in [0.15, 0.2) is 48.7 Å². The minimum absolute atomic E-state index is 0.303. The minimum atomic E-state index is -0.412. The van der Waals surface area contributed by atoms with Crippen molar-refractivity contribution in [3.8, 4) is 0 Å². The molecule has 0 aliphatic heterocycles. The van der Waals surface area contributed by atoms with Gasteiger partial charge in [-0.05, 0) is 49.2 Å². The van der Waals surface area contributed by atoms with Crippen molar-refractivity contribution >= 4 is 39.8 Å². The number of hydrogen-bond donors (Lipinski definition) is 1. The zero-order valence-corrected chi connectivity index (χ0v) is 14.9. The molecule has 0 radical (unpaired) electrons. The number of hydrogen-bond acceptors (Lipinski definition) is 4. The third kappa shape index (κ3) is 3.74. The van der Waals surface area contributed by atoms with Gasteiger partial charge in [0.1, 0.15) is 5.56 Å². The summed E-state index contributed by atoms with van der Waals surface area (Å²) in [4.78, 5) is 16.7. The van der Waals surface area contributed by atoms with Crippen molar-refractivity contribution in [2.75, 3.05) is 11.9 Å². The standard InChI is InChI=1S/C20H19ClN2O2/c1-3-13-5-8-15(9-6-13)23-19-16-11-14(21)7-10-18(16)22-12-17(19)20(24)25-4-2/h5-12H,3-4H2,1-2H3,(H,22,23). The number of rotatable bonds is 5. The lowest BCUT2D eigenvalue weighted by molar-refractivity contribution is 0.0527. The number of fused-ring (bicyclic) bond motifs is 1. The normalized spacial score (nSPS) is 10.7. The van der Waals surface area contributed by atoms with Crippen molar-refractivity contribution in [2.24, 2.45) is 0 Å². The van der Waals surface area contributed by atoms with E-state index in [2.05, 4.69) is 29.4 Å². The molecule has 3 aromatic rings. The van der Waals surface area contributed by atoms with Crippen molar-refractivity contribution in [3.05, 3.63) is 64.8 Å². The lowest BCUT2D eigenvalue weighted by Gasteiger charge is -2.14. The molecule has 0 bridgehead atoms. The van der Waals surface area contributed by atoms with E-state index in [9.17, 15) is 4.79 Å². The van der Waals surface area contributed by atoms with Crippen molar-refractivity contribution < 1.29 is 9.53 Å². The summed E-state index contributed by atoms with van der Waals surface area (Å²) < 4.78 is 5.17. The van der Waals surface area contributed by atoms with Crippen LogP contribution in [0, 0.1) is 0 Å². The van der Waals surface area contributed by atoms with E-state index in [1.807, 2.05) is 18.2 Å². The number of esters is 1. The van der Waals surface area contributed by atoms with Gasteiger partial charge in [-0.2, -0.15) is 0 Å². The van der Waals surface area contributed by atoms with E-state index in [1.54, 1.807) is 19.1 Å². The predicted molar refractivity (Wildman–Crippen MR) is 102 cm³/mol. The van der Waals surface area contributed by atoms with Crippen LogP contribution in [0.5, 0.6) is 0 Å². The van der Waals surface area contributed by atoms with Crippen LogP contribution in [0.3, 0.4) is 0 Å². The van der Waals surface area contributed by atoms with E-state index in [-0.39, 0.29) is 0 Å². The fraction of sp³-hybridized carbons (Fsp3) is 0.200. The van der Waals surface area contributed by atoms with Crippen LogP contribution in [0.2, 0.25) is 5.02 Å². The van der Waals surface area contributed by atoms with Crippen LogP contribution >= 0.6 is 11.6 Å². The number of halogens is 1. The van der Waals surface area contributed by atoms with Gasteiger partial charge in [-0.3, -0.25) is 4.98 Å². The van der Waals surface area contributed by atoms with E-state index in [4.69, 9.17) is 16.3 Å². The highest BCUT2D eigenvalue weighted by Crippen LogP contribution is 2.31. The number of nitrogens with zero attached hydrogens (tertiary/aromatic N) is 1. The number of benzene rings is 2. The fourth-order valence-electron chi connectivity index (χ4n) is 2.63. The molecule has 1 N–H and O–H groups in total. The lowest BCUT2D eigenvalue weighted by atomic mass is 10.1. The summed E-state index contributed by atoms with van der Waals surface area (Å²) in [5, 5.41) is 4.69. The number of ether oxygens (including phenoxy) is 1. The van der Waals surface area contributed by atoms with E-state index >= 15 is 0 Å². The molecule has 5 heteroatoms. The third-order valence-corrected chi connectivity index (χ3v) is 4.19. The molecule has 0 saturated heterocycles. The molecule has 25 heavy (non-hydrogen) atoms. The van der Waals surface area contributed by atoms with Gasteiger partial charge in [-0.25, -0.2) is 4.79 Å². The number of aryl methyl sites for hydroxylation is 1. The molecule has 128 valence electrons. The molecule has 4 nitrogen and oxygen atoms in total.